The molecule has 2 N–H and O–H groups in total. The van der Waals surface area contributed by atoms with Crippen LogP contribution in [-0.4, -0.2) is 32.7 Å². The highest BCUT2D eigenvalue weighted by atomic mass is 15.1. The third-order valence-electron chi connectivity index (χ3n) is 2.82. The van der Waals surface area contributed by atoms with Gasteiger partial charge in [0.15, 0.2) is 0 Å². The zero-order valence-corrected chi connectivity index (χ0v) is 12.6. The summed E-state index contributed by atoms with van der Waals surface area (Å²) in [5.41, 5.74) is 3.94. The van der Waals surface area contributed by atoms with Gasteiger partial charge in [0.2, 0.25) is 0 Å². The molecule has 1 aromatic carbocycles. The Hall–Kier alpha value is -1.22. The first-order chi connectivity index (χ1) is 8.29. The van der Waals surface area contributed by atoms with Gasteiger partial charge in [-0.3, -0.25) is 0 Å². The fourth-order valence-corrected chi connectivity index (χ4v) is 1.76. The van der Waals surface area contributed by atoms with E-state index in [1.165, 1.54) is 16.9 Å². The number of benzene rings is 1. The van der Waals surface area contributed by atoms with Crippen molar-refractivity contribution in [1.29, 1.82) is 0 Å². The van der Waals surface area contributed by atoms with Gasteiger partial charge in [-0.25, -0.2) is 0 Å². The lowest BCUT2D eigenvalue weighted by Gasteiger charge is -2.21. The first-order valence-electron chi connectivity index (χ1n) is 6.56. The van der Waals surface area contributed by atoms with E-state index in [0.717, 1.165) is 13.1 Å². The van der Waals surface area contributed by atoms with Crippen LogP contribution < -0.4 is 15.5 Å². The largest absolute Gasteiger partial charge is 0.384 e. The van der Waals surface area contributed by atoms with Crippen molar-refractivity contribution >= 4 is 11.4 Å². The highest BCUT2D eigenvalue weighted by molar-refractivity contribution is 5.59. The Morgan fingerprint density at radius 1 is 1.11 bits per heavy atom. The van der Waals surface area contributed by atoms with Crippen LogP contribution in [0.15, 0.2) is 18.2 Å². The van der Waals surface area contributed by atoms with Crippen molar-refractivity contribution in [3.8, 4) is 0 Å². The van der Waals surface area contributed by atoms with Crippen LogP contribution in [0.1, 0.15) is 26.3 Å². The molecule has 0 unspecified atom stereocenters. The van der Waals surface area contributed by atoms with E-state index < -0.39 is 0 Å². The van der Waals surface area contributed by atoms with Crippen molar-refractivity contribution in [1.82, 2.24) is 5.32 Å². The topological polar surface area (TPSA) is 27.3 Å². The molecule has 1 rings (SSSR count). The van der Waals surface area contributed by atoms with E-state index >= 15 is 0 Å². The van der Waals surface area contributed by atoms with Crippen molar-refractivity contribution in [3.05, 3.63) is 23.8 Å². The van der Waals surface area contributed by atoms with Gasteiger partial charge in [-0.1, -0.05) is 0 Å². The molecule has 0 saturated heterocycles. The van der Waals surface area contributed by atoms with Gasteiger partial charge in [0.05, 0.1) is 0 Å². The summed E-state index contributed by atoms with van der Waals surface area (Å²) in [6.07, 6.45) is 0. The van der Waals surface area contributed by atoms with E-state index in [4.69, 9.17) is 0 Å². The molecule has 0 fully saturated rings. The third-order valence-corrected chi connectivity index (χ3v) is 2.82. The third kappa shape index (κ3) is 4.96. The second-order valence-corrected chi connectivity index (χ2v) is 6.00. The van der Waals surface area contributed by atoms with Crippen LogP contribution in [0.5, 0.6) is 0 Å². The zero-order chi connectivity index (χ0) is 13.8. The molecule has 0 aromatic heterocycles. The minimum atomic E-state index is 0.186. The molecule has 0 aliphatic rings. The van der Waals surface area contributed by atoms with Crippen molar-refractivity contribution in [2.24, 2.45) is 0 Å². The van der Waals surface area contributed by atoms with Gasteiger partial charge in [0.1, 0.15) is 0 Å². The first-order valence-corrected chi connectivity index (χ1v) is 6.56. The van der Waals surface area contributed by atoms with Gasteiger partial charge in [-0.2, -0.15) is 0 Å². The molecule has 0 aliphatic carbocycles. The highest BCUT2D eigenvalue weighted by Crippen LogP contribution is 2.20. The van der Waals surface area contributed by atoms with Gasteiger partial charge >= 0.3 is 0 Å². The molecule has 3 heteroatoms. The van der Waals surface area contributed by atoms with E-state index in [9.17, 15) is 0 Å². The lowest BCUT2D eigenvalue weighted by Crippen LogP contribution is -2.38. The molecule has 0 radical (unpaired) electrons. The number of hydrogen-bond acceptors (Lipinski definition) is 3. The molecule has 102 valence electrons. The van der Waals surface area contributed by atoms with Gasteiger partial charge < -0.3 is 15.5 Å². The summed E-state index contributed by atoms with van der Waals surface area (Å²) >= 11 is 0. The molecule has 18 heavy (non-hydrogen) atoms. The maximum atomic E-state index is 3.47. The summed E-state index contributed by atoms with van der Waals surface area (Å²) in [5, 5.41) is 6.94. The number of rotatable bonds is 5. The van der Waals surface area contributed by atoms with E-state index in [0.29, 0.717) is 0 Å². The molecule has 0 spiro atoms. The molecule has 0 aliphatic heterocycles. The summed E-state index contributed by atoms with van der Waals surface area (Å²) in [7, 11) is 4.13. The second kappa shape index (κ2) is 6.10. The molecule has 0 heterocycles. The Balaban J connectivity index is 2.48. The Morgan fingerprint density at radius 2 is 1.78 bits per heavy atom. The van der Waals surface area contributed by atoms with Crippen LogP contribution in [0, 0.1) is 6.92 Å². The van der Waals surface area contributed by atoms with Gasteiger partial charge in [-0.15, -0.1) is 0 Å². The Morgan fingerprint density at radius 3 is 2.28 bits per heavy atom. The van der Waals surface area contributed by atoms with E-state index in [2.05, 4.69) is 75.5 Å². The number of anilines is 2. The SMILES string of the molecule is Cc1cc(N(C)C)ccc1NCCNC(C)(C)C. The summed E-state index contributed by atoms with van der Waals surface area (Å²) in [6, 6.07) is 6.51. The van der Waals surface area contributed by atoms with E-state index in [1.807, 2.05) is 0 Å². The molecule has 0 bridgehead atoms. The van der Waals surface area contributed by atoms with Crippen LogP contribution in [0.3, 0.4) is 0 Å². The summed E-state index contributed by atoms with van der Waals surface area (Å²) < 4.78 is 0. The molecule has 0 atom stereocenters. The summed E-state index contributed by atoms with van der Waals surface area (Å²) in [4.78, 5) is 2.12. The number of nitrogens with one attached hydrogen (secondary N) is 2. The van der Waals surface area contributed by atoms with Gasteiger partial charge in [0, 0.05) is 44.1 Å². The Labute approximate surface area is 112 Å². The minimum absolute atomic E-state index is 0.186. The monoisotopic (exact) mass is 249 g/mol. The first kappa shape index (κ1) is 14.8. The smallest absolute Gasteiger partial charge is 0.0371 e. The number of hydrogen-bond donors (Lipinski definition) is 2. The average Bonchev–Trinajstić information content (AvgIpc) is 2.24. The van der Waals surface area contributed by atoms with Crippen LogP contribution in [-0.2, 0) is 0 Å². The van der Waals surface area contributed by atoms with Crippen molar-refractivity contribution in [3.63, 3.8) is 0 Å². The maximum Gasteiger partial charge on any atom is 0.0371 e. The summed E-state index contributed by atoms with van der Waals surface area (Å²) in [5.74, 6) is 0. The normalized spacial score (nSPS) is 11.4. The fraction of sp³-hybridized carbons (Fsp3) is 0.600. The average molecular weight is 249 g/mol. The van der Waals surface area contributed by atoms with E-state index in [-0.39, 0.29) is 5.54 Å². The maximum absolute atomic E-state index is 3.47. The van der Waals surface area contributed by atoms with Gasteiger partial charge in [-0.05, 0) is 51.5 Å². The van der Waals surface area contributed by atoms with Crippen molar-refractivity contribution in [2.45, 2.75) is 33.2 Å². The Bertz CT molecular complexity index is 378. The number of aryl methyl sites for hydroxylation is 1. The van der Waals surface area contributed by atoms with Crippen LogP contribution >= 0.6 is 0 Å². The molecular weight excluding hydrogens is 222 g/mol. The molecule has 0 amide bonds. The second-order valence-electron chi connectivity index (χ2n) is 6.00. The highest BCUT2D eigenvalue weighted by Gasteiger charge is 2.07. The fourth-order valence-electron chi connectivity index (χ4n) is 1.76. The lowest BCUT2D eigenvalue weighted by molar-refractivity contribution is 0.435. The molecular formula is C15H27N3. The summed E-state index contributed by atoms with van der Waals surface area (Å²) in [6.45, 7) is 10.6. The Kier molecular flexibility index (Phi) is 5.03. The van der Waals surface area contributed by atoms with Crippen molar-refractivity contribution < 1.29 is 0 Å². The predicted octanol–water partition coefficient (Wildman–Crippen LogP) is 2.86. The standard InChI is InChI=1S/C15H27N3/c1-12-11-13(18(5)6)7-8-14(12)16-9-10-17-15(2,3)4/h7-8,11,16-17H,9-10H2,1-6H3. The molecule has 3 nitrogen and oxygen atoms in total. The quantitative estimate of drug-likeness (QED) is 0.786. The number of nitrogens with zero attached hydrogens (tertiary/aromatic N) is 1. The lowest BCUT2D eigenvalue weighted by atomic mass is 10.1. The predicted molar refractivity (Wildman–Crippen MR) is 81.8 cm³/mol. The van der Waals surface area contributed by atoms with Gasteiger partial charge in [0.25, 0.3) is 0 Å². The van der Waals surface area contributed by atoms with Crippen molar-refractivity contribution in [2.75, 3.05) is 37.4 Å². The minimum Gasteiger partial charge on any atom is -0.384 e. The van der Waals surface area contributed by atoms with Crippen LogP contribution in [0.4, 0.5) is 11.4 Å². The van der Waals surface area contributed by atoms with Crippen LogP contribution in [0.25, 0.3) is 0 Å². The van der Waals surface area contributed by atoms with Crippen LogP contribution in [0.2, 0.25) is 0 Å². The van der Waals surface area contributed by atoms with E-state index in [1.54, 1.807) is 0 Å². The molecule has 0 saturated carbocycles. The molecule has 1 aromatic rings. The zero-order valence-electron chi connectivity index (χ0n) is 12.6.